The molecule has 1 aromatic rings. The maximum Gasteiger partial charge on any atom is 0.108 e. The largest absolute Gasteiger partial charge is 0.374 e. The quantitative estimate of drug-likeness (QED) is 0.596. The van der Waals surface area contributed by atoms with Gasteiger partial charge in [-0.3, -0.25) is 0 Å². The molecule has 2 rings (SSSR count). The molecule has 0 radical (unpaired) electrons. The van der Waals surface area contributed by atoms with E-state index < -0.39 is 0 Å². The van der Waals surface area contributed by atoms with Gasteiger partial charge in [-0.15, -0.1) is 0 Å². The van der Waals surface area contributed by atoms with E-state index in [1.165, 1.54) is 5.56 Å². The van der Waals surface area contributed by atoms with Crippen molar-refractivity contribution in [3.8, 4) is 0 Å². The van der Waals surface area contributed by atoms with Crippen LogP contribution in [0.3, 0.4) is 0 Å². The minimum Gasteiger partial charge on any atom is -0.374 e. The normalized spacial score (nSPS) is 24.9. The molecule has 1 aliphatic heterocycles. The third-order valence-corrected chi connectivity index (χ3v) is 2.87. The molecule has 0 unspecified atom stereocenters. The Morgan fingerprint density at radius 3 is 2.64 bits per heavy atom. The Bertz CT molecular complexity index is 276. The van der Waals surface area contributed by atoms with E-state index in [0.29, 0.717) is 25.4 Å². The van der Waals surface area contributed by atoms with Gasteiger partial charge in [-0.2, -0.15) is 0 Å². The molecule has 0 bridgehead atoms. The van der Waals surface area contributed by atoms with E-state index in [4.69, 9.17) is 9.47 Å². The molecule has 2 nitrogen and oxygen atoms in total. The van der Waals surface area contributed by atoms with E-state index in [-0.39, 0.29) is 0 Å². The van der Waals surface area contributed by atoms with Crippen LogP contribution in [0, 0.1) is 0 Å². The Kier molecular flexibility index (Phi) is 3.56. The van der Waals surface area contributed by atoms with Crippen molar-refractivity contribution in [3.63, 3.8) is 0 Å². The molecule has 1 aliphatic rings. The second-order valence-corrected chi connectivity index (χ2v) is 4.02. The fourth-order valence-electron chi connectivity index (χ4n) is 1.33. The topological polar surface area (TPSA) is 21.8 Å². The van der Waals surface area contributed by atoms with Crippen LogP contribution >= 0.6 is 15.9 Å². The van der Waals surface area contributed by atoms with Crippen molar-refractivity contribution in [2.45, 2.75) is 18.8 Å². The van der Waals surface area contributed by atoms with Gasteiger partial charge in [-0.05, 0) is 5.56 Å². The highest BCUT2D eigenvalue weighted by atomic mass is 79.9. The average molecular weight is 257 g/mol. The van der Waals surface area contributed by atoms with Gasteiger partial charge in [0.2, 0.25) is 0 Å². The van der Waals surface area contributed by atoms with Crippen molar-refractivity contribution in [1.29, 1.82) is 0 Å². The van der Waals surface area contributed by atoms with Gasteiger partial charge in [0.1, 0.15) is 6.10 Å². The number of hydrogen-bond donors (Lipinski definition) is 0. The van der Waals surface area contributed by atoms with Crippen molar-refractivity contribution in [1.82, 2.24) is 0 Å². The molecular formula is C11H13BrO2. The molecule has 0 aliphatic carbocycles. The molecule has 0 spiro atoms. The van der Waals surface area contributed by atoms with Crippen LogP contribution < -0.4 is 0 Å². The molecule has 1 saturated heterocycles. The number of benzene rings is 1. The summed E-state index contributed by atoms with van der Waals surface area (Å²) in [4.78, 5) is 0. The lowest BCUT2D eigenvalue weighted by Crippen LogP contribution is -2.05. The van der Waals surface area contributed by atoms with E-state index >= 15 is 0 Å². The van der Waals surface area contributed by atoms with Crippen LogP contribution in [-0.2, 0) is 16.1 Å². The fraction of sp³-hybridized carbons (Fsp3) is 0.455. The van der Waals surface area contributed by atoms with Crippen LogP contribution in [0.25, 0.3) is 0 Å². The maximum absolute atomic E-state index is 5.53. The first-order chi connectivity index (χ1) is 6.90. The summed E-state index contributed by atoms with van der Waals surface area (Å²) in [5.74, 6) is 0. The van der Waals surface area contributed by atoms with E-state index in [1.54, 1.807) is 0 Å². The maximum atomic E-state index is 5.53. The van der Waals surface area contributed by atoms with Gasteiger partial charge in [0.25, 0.3) is 0 Å². The Morgan fingerprint density at radius 1 is 1.21 bits per heavy atom. The van der Waals surface area contributed by atoms with Crippen molar-refractivity contribution in [2.75, 3.05) is 11.9 Å². The van der Waals surface area contributed by atoms with Gasteiger partial charge >= 0.3 is 0 Å². The SMILES string of the molecule is BrC[C@@H]1O[C@@H]1COCc1ccccc1. The van der Waals surface area contributed by atoms with Crippen LogP contribution in [0.1, 0.15) is 5.56 Å². The van der Waals surface area contributed by atoms with Crippen LogP contribution in [-0.4, -0.2) is 24.1 Å². The van der Waals surface area contributed by atoms with Crippen molar-refractivity contribution >= 4 is 15.9 Å². The van der Waals surface area contributed by atoms with E-state index in [2.05, 4.69) is 28.1 Å². The second kappa shape index (κ2) is 4.91. The summed E-state index contributed by atoms with van der Waals surface area (Å²) in [5.41, 5.74) is 1.21. The molecular weight excluding hydrogens is 244 g/mol. The van der Waals surface area contributed by atoms with Crippen LogP contribution in [0.5, 0.6) is 0 Å². The molecule has 2 atom stereocenters. The zero-order chi connectivity index (χ0) is 9.80. The van der Waals surface area contributed by atoms with Gasteiger partial charge in [0, 0.05) is 5.33 Å². The lowest BCUT2D eigenvalue weighted by molar-refractivity contribution is 0.104. The van der Waals surface area contributed by atoms with Crippen LogP contribution in [0.2, 0.25) is 0 Å². The standard InChI is InChI=1S/C11H13BrO2/c12-6-10-11(14-10)8-13-7-9-4-2-1-3-5-9/h1-5,10-11H,6-8H2/t10-,11+/m0/s1. The smallest absolute Gasteiger partial charge is 0.108 e. The fourth-order valence-corrected chi connectivity index (χ4v) is 1.90. The zero-order valence-corrected chi connectivity index (χ0v) is 9.44. The van der Waals surface area contributed by atoms with E-state index in [0.717, 1.165) is 5.33 Å². The summed E-state index contributed by atoms with van der Waals surface area (Å²) >= 11 is 3.37. The summed E-state index contributed by atoms with van der Waals surface area (Å²) in [6.45, 7) is 1.38. The number of halogens is 1. The lowest BCUT2D eigenvalue weighted by Gasteiger charge is -2.01. The van der Waals surface area contributed by atoms with Gasteiger partial charge in [-0.25, -0.2) is 0 Å². The summed E-state index contributed by atoms with van der Waals surface area (Å²) in [6, 6.07) is 10.2. The van der Waals surface area contributed by atoms with Gasteiger partial charge in [0.15, 0.2) is 0 Å². The van der Waals surface area contributed by atoms with Crippen LogP contribution in [0.15, 0.2) is 30.3 Å². The number of ether oxygens (including phenoxy) is 2. The van der Waals surface area contributed by atoms with Gasteiger partial charge in [0.05, 0.1) is 19.3 Å². The minimum atomic E-state index is 0.304. The molecule has 0 N–H and O–H groups in total. The highest BCUT2D eigenvalue weighted by Gasteiger charge is 2.37. The van der Waals surface area contributed by atoms with Gasteiger partial charge < -0.3 is 9.47 Å². The van der Waals surface area contributed by atoms with Crippen molar-refractivity contribution in [2.24, 2.45) is 0 Å². The van der Waals surface area contributed by atoms with Crippen molar-refractivity contribution < 1.29 is 9.47 Å². The monoisotopic (exact) mass is 256 g/mol. The lowest BCUT2D eigenvalue weighted by atomic mass is 10.2. The summed E-state index contributed by atoms with van der Waals surface area (Å²) in [7, 11) is 0. The number of alkyl halides is 1. The van der Waals surface area contributed by atoms with Gasteiger partial charge in [-0.1, -0.05) is 46.3 Å². The Hall–Kier alpha value is -0.380. The number of hydrogen-bond acceptors (Lipinski definition) is 2. The predicted octanol–water partition coefficient (Wildman–Crippen LogP) is 2.37. The minimum absolute atomic E-state index is 0.304. The molecule has 14 heavy (non-hydrogen) atoms. The highest BCUT2D eigenvalue weighted by molar-refractivity contribution is 9.09. The Morgan fingerprint density at radius 2 is 2.00 bits per heavy atom. The molecule has 0 aromatic heterocycles. The second-order valence-electron chi connectivity index (χ2n) is 3.37. The Labute approximate surface area is 92.3 Å². The molecule has 1 aromatic carbocycles. The molecule has 0 saturated carbocycles. The zero-order valence-electron chi connectivity index (χ0n) is 7.86. The third kappa shape index (κ3) is 2.80. The molecule has 0 amide bonds. The number of epoxide rings is 1. The first kappa shape index (κ1) is 10.1. The highest BCUT2D eigenvalue weighted by Crippen LogP contribution is 2.24. The summed E-state index contributed by atoms with van der Waals surface area (Å²) in [6.07, 6.45) is 0.670. The molecule has 1 heterocycles. The number of rotatable bonds is 5. The first-order valence-electron chi connectivity index (χ1n) is 4.73. The first-order valence-corrected chi connectivity index (χ1v) is 5.85. The summed E-state index contributed by atoms with van der Waals surface area (Å²) < 4.78 is 10.9. The molecule has 3 heteroatoms. The van der Waals surface area contributed by atoms with E-state index in [9.17, 15) is 0 Å². The average Bonchev–Trinajstić information content (AvgIpc) is 2.98. The molecule has 76 valence electrons. The third-order valence-electron chi connectivity index (χ3n) is 2.23. The van der Waals surface area contributed by atoms with Crippen molar-refractivity contribution in [3.05, 3.63) is 35.9 Å². The Balaban J connectivity index is 1.64. The molecule has 1 fully saturated rings. The van der Waals surface area contributed by atoms with E-state index in [1.807, 2.05) is 18.2 Å². The van der Waals surface area contributed by atoms with Crippen LogP contribution in [0.4, 0.5) is 0 Å². The summed E-state index contributed by atoms with van der Waals surface area (Å²) in [5, 5.41) is 0.909. The predicted molar refractivity (Wildman–Crippen MR) is 58.6 cm³/mol.